The first kappa shape index (κ1) is 19.7. The Kier molecular flexibility index (Phi) is 6.80. The fourth-order valence-electron chi connectivity index (χ4n) is 2.07. The summed E-state index contributed by atoms with van der Waals surface area (Å²) in [6.45, 7) is 1.58. The molecule has 0 aliphatic heterocycles. The molecule has 23 heavy (non-hydrogen) atoms. The topological polar surface area (TPSA) is 97.7 Å². The monoisotopic (exact) mass is 341 g/mol. The summed E-state index contributed by atoms with van der Waals surface area (Å²) in [6.07, 6.45) is 0. The second-order valence-electron chi connectivity index (χ2n) is 4.79. The van der Waals surface area contributed by atoms with E-state index in [9.17, 15) is 9.90 Å². The van der Waals surface area contributed by atoms with E-state index < -0.39 is 11.9 Å². The molecule has 0 spiro atoms. The Morgan fingerprint density at radius 2 is 1.87 bits per heavy atom. The summed E-state index contributed by atoms with van der Waals surface area (Å²) in [6, 6.07) is 12.3. The van der Waals surface area contributed by atoms with Crippen LogP contribution in [0.3, 0.4) is 0 Å². The van der Waals surface area contributed by atoms with Gasteiger partial charge in [-0.25, -0.2) is 4.98 Å². The molecular formula is C16H13ClNNaO4. The molecule has 0 saturated heterocycles. The van der Waals surface area contributed by atoms with Crippen molar-refractivity contribution in [2.24, 2.45) is 0 Å². The van der Waals surface area contributed by atoms with Crippen molar-refractivity contribution < 1.29 is 49.4 Å². The van der Waals surface area contributed by atoms with Crippen LogP contribution in [-0.2, 0) is 4.79 Å². The molecule has 1 aromatic heterocycles. The third-order valence-corrected chi connectivity index (χ3v) is 3.61. The van der Waals surface area contributed by atoms with E-state index in [4.69, 9.17) is 16.0 Å². The van der Waals surface area contributed by atoms with Gasteiger partial charge in [-0.1, -0.05) is 24.6 Å². The molecule has 0 amide bonds. The summed E-state index contributed by atoms with van der Waals surface area (Å²) in [7, 11) is 0. The van der Waals surface area contributed by atoms with Crippen LogP contribution in [0.25, 0.3) is 22.6 Å². The first-order valence-electron chi connectivity index (χ1n) is 6.42. The summed E-state index contributed by atoms with van der Waals surface area (Å²) in [5, 5.41) is 11.6. The van der Waals surface area contributed by atoms with Crippen molar-refractivity contribution in [3.8, 4) is 11.5 Å². The molecule has 1 heterocycles. The number of oxazole rings is 1. The fraction of sp³-hybridized carbons (Fsp3) is 0.125. The van der Waals surface area contributed by atoms with Crippen molar-refractivity contribution in [2.45, 2.75) is 12.8 Å². The molecule has 0 fully saturated rings. The molecule has 3 rings (SSSR count). The standard InChI is InChI=1S/C16H12ClNO3.Na.H2O/c1-9(16(19)20)11-4-7-14-13(8-11)18-15(21-14)10-2-5-12(17)6-3-10;;/h2-9H,1H3,(H,19,20);;1H2/q;+1;/p-1. The van der Waals surface area contributed by atoms with E-state index in [1.54, 1.807) is 37.3 Å². The van der Waals surface area contributed by atoms with E-state index in [1.807, 2.05) is 12.1 Å². The van der Waals surface area contributed by atoms with Crippen molar-refractivity contribution in [2.75, 3.05) is 0 Å². The van der Waals surface area contributed by atoms with Gasteiger partial charge in [0.25, 0.3) is 0 Å². The Morgan fingerprint density at radius 3 is 2.48 bits per heavy atom. The third kappa shape index (κ3) is 4.13. The maximum Gasteiger partial charge on any atom is 1.00 e. The summed E-state index contributed by atoms with van der Waals surface area (Å²) in [4.78, 5) is 15.3. The normalized spacial score (nSPS) is 11.4. The second-order valence-corrected chi connectivity index (χ2v) is 5.23. The molecule has 1 unspecified atom stereocenters. The van der Waals surface area contributed by atoms with E-state index in [0.717, 1.165) is 5.56 Å². The molecule has 1 atom stereocenters. The predicted molar refractivity (Wildman–Crippen MR) is 81.5 cm³/mol. The minimum atomic E-state index is -1.12. The SMILES string of the molecule is CC(C(=O)[O-])c1ccc2oc(-c3ccc(Cl)cc3)nc2c1.O.[Na+]. The van der Waals surface area contributed by atoms with Gasteiger partial charge in [0.15, 0.2) is 5.58 Å². The number of aliphatic carboxylic acids is 1. The average Bonchev–Trinajstić information content (AvgIpc) is 2.89. The number of hydrogen-bond acceptors (Lipinski definition) is 4. The largest absolute Gasteiger partial charge is 1.00 e. The molecule has 0 radical (unpaired) electrons. The van der Waals surface area contributed by atoms with Gasteiger partial charge in [-0.15, -0.1) is 0 Å². The van der Waals surface area contributed by atoms with Crippen LogP contribution in [0.5, 0.6) is 0 Å². The van der Waals surface area contributed by atoms with Gasteiger partial charge in [0, 0.05) is 22.5 Å². The van der Waals surface area contributed by atoms with E-state index in [-0.39, 0.29) is 35.0 Å². The maximum atomic E-state index is 10.9. The Hall–Kier alpha value is -1.37. The van der Waals surface area contributed by atoms with Crippen molar-refractivity contribution in [3.63, 3.8) is 0 Å². The fourth-order valence-corrected chi connectivity index (χ4v) is 2.19. The van der Waals surface area contributed by atoms with Crippen molar-refractivity contribution in [3.05, 3.63) is 53.1 Å². The number of carboxylic acid groups (broad SMARTS) is 1. The molecule has 0 aliphatic carbocycles. The number of rotatable bonds is 3. The summed E-state index contributed by atoms with van der Waals surface area (Å²) < 4.78 is 5.67. The Bertz CT molecular complexity index is 817. The number of carboxylic acids is 1. The molecule has 2 aromatic carbocycles. The Morgan fingerprint density at radius 1 is 1.22 bits per heavy atom. The maximum absolute atomic E-state index is 10.9. The summed E-state index contributed by atoms with van der Waals surface area (Å²) in [5.74, 6) is -1.33. The van der Waals surface area contributed by atoms with Crippen LogP contribution in [0.4, 0.5) is 0 Å². The van der Waals surface area contributed by atoms with Crippen LogP contribution >= 0.6 is 11.6 Å². The predicted octanol–water partition coefficient (Wildman–Crippen LogP) is -0.819. The molecule has 2 N–H and O–H groups in total. The zero-order valence-electron chi connectivity index (χ0n) is 12.7. The zero-order valence-corrected chi connectivity index (χ0v) is 15.4. The molecule has 3 aromatic rings. The van der Waals surface area contributed by atoms with Gasteiger partial charge < -0.3 is 19.8 Å². The van der Waals surface area contributed by atoms with Gasteiger partial charge >= 0.3 is 29.6 Å². The number of fused-ring (bicyclic) bond motifs is 1. The number of nitrogens with zero attached hydrogens (tertiary/aromatic N) is 1. The van der Waals surface area contributed by atoms with E-state index >= 15 is 0 Å². The molecular weight excluding hydrogens is 329 g/mol. The van der Waals surface area contributed by atoms with E-state index in [0.29, 0.717) is 27.6 Å². The number of carbonyl (C=O) groups excluding carboxylic acids is 1. The summed E-state index contributed by atoms with van der Waals surface area (Å²) >= 11 is 5.85. The first-order valence-corrected chi connectivity index (χ1v) is 6.79. The minimum absolute atomic E-state index is 0. The number of hydrogen-bond donors (Lipinski definition) is 0. The summed E-state index contributed by atoms with van der Waals surface area (Å²) in [5.41, 5.74) is 2.67. The minimum Gasteiger partial charge on any atom is -0.550 e. The molecule has 0 saturated carbocycles. The molecule has 114 valence electrons. The molecule has 0 bridgehead atoms. The third-order valence-electron chi connectivity index (χ3n) is 3.36. The van der Waals surface area contributed by atoms with Crippen LogP contribution in [0, 0.1) is 0 Å². The van der Waals surface area contributed by atoms with Crippen LogP contribution in [-0.4, -0.2) is 16.4 Å². The Labute approximate surface area is 159 Å². The van der Waals surface area contributed by atoms with Gasteiger partial charge in [0.1, 0.15) is 5.52 Å². The van der Waals surface area contributed by atoms with Gasteiger partial charge in [0.05, 0.1) is 0 Å². The van der Waals surface area contributed by atoms with Gasteiger partial charge in [0.2, 0.25) is 5.89 Å². The van der Waals surface area contributed by atoms with Crippen LogP contribution < -0.4 is 34.7 Å². The van der Waals surface area contributed by atoms with Crippen molar-refractivity contribution in [1.29, 1.82) is 0 Å². The van der Waals surface area contributed by atoms with Crippen LogP contribution in [0.2, 0.25) is 5.02 Å². The smallest absolute Gasteiger partial charge is 0.550 e. The van der Waals surface area contributed by atoms with Gasteiger partial charge in [-0.05, 0) is 42.0 Å². The number of carbonyl (C=O) groups is 1. The molecule has 7 heteroatoms. The Balaban J connectivity index is 0.00000132. The second kappa shape index (κ2) is 7.95. The number of benzene rings is 2. The molecule has 0 aliphatic rings. The van der Waals surface area contributed by atoms with Crippen LogP contribution in [0.15, 0.2) is 46.9 Å². The van der Waals surface area contributed by atoms with Gasteiger partial charge in [-0.3, -0.25) is 0 Å². The van der Waals surface area contributed by atoms with E-state index in [2.05, 4.69) is 4.98 Å². The van der Waals surface area contributed by atoms with Gasteiger partial charge in [-0.2, -0.15) is 0 Å². The van der Waals surface area contributed by atoms with Crippen LogP contribution in [0.1, 0.15) is 18.4 Å². The van der Waals surface area contributed by atoms with E-state index in [1.165, 1.54) is 0 Å². The number of aromatic nitrogens is 1. The number of halogens is 1. The van der Waals surface area contributed by atoms with Crippen molar-refractivity contribution in [1.82, 2.24) is 4.98 Å². The molecule has 5 nitrogen and oxygen atoms in total. The zero-order chi connectivity index (χ0) is 15.0. The quantitative estimate of drug-likeness (QED) is 0.581. The first-order chi connectivity index (χ1) is 10.0. The average molecular weight is 342 g/mol. The van der Waals surface area contributed by atoms with Crippen molar-refractivity contribution >= 4 is 28.7 Å².